The molecule has 2 unspecified atom stereocenters. The fourth-order valence-corrected chi connectivity index (χ4v) is 2.48. The van der Waals surface area contributed by atoms with Crippen molar-refractivity contribution < 1.29 is 9.66 Å². The van der Waals surface area contributed by atoms with Gasteiger partial charge in [0.1, 0.15) is 5.75 Å². The number of nitro groups is 1. The van der Waals surface area contributed by atoms with Crippen LogP contribution in [0, 0.1) is 16.0 Å². The predicted octanol–water partition coefficient (Wildman–Crippen LogP) is 2.95. The number of nitrogens with zero attached hydrogens (tertiary/aromatic N) is 1. The number of likely N-dealkylation sites (N-methyl/N-ethyl adjacent to an activating group) is 1. The molecule has 5 heteroatoms. The molecule has 1 N–H and O–H groups in total. The Labute approximate surface area is 114 Å². The summed E-state index contributed by atoms with van der Waals surface area (Å²) < 4.78 is 5.19. The summed E-state index contributed by atoms with van der Waals surface area (Å²) in [6.45, 7) is 6.18. The lowest BCUT2D eigenvalue weighted by atomic mass is 9.82. The number of nitro benzene ring substituents is 1. The number of nitrogens with one attached hydrogen (secondary N) is 1. The summed E-state index contributed by atoms with van der Waals surface area (Å²) in [5.74, 6) is 0.989. The summed E-state index contributed by atoms with van der Waals surface area (Å²) in [5, 5.41) is 14.4. The van der Waals surface area contributed by atoms with E-state index in [1.54, 1.807) is 19.2 Å². The van der Waals surface area contributed by atoms with Gasteiger partial charge >= 0.3 is 0 Å². The molecule has 0 saturated carbocycles. The molecule has 5 nitrogen and oxygen atoms in total. The molecule has 1 aromatic carbocycles. The molecule has 19 heavy (non-hydrogen) atoms. The number of hydrogen-bond donors (Lipinski definition) is 1. The summed E-state index contributed by atoms with van der Waals surface area (Å²) >= 11 is 0. The van der Waals surface area contributed by atoms with Crippen LogP contribution in [-0.2, 0) is 0 Å². The van der Waals surface area contributed by atoms with Crippen LogP contribution in [0.5, 0.6) is 5.75 Å². The molecule has 0 aliphatic rings. The number of methoxy groups -OCH3 is 1. The normalized spacial score (nSPS) is 14.2. The van der Waals surface area contributed by atoms with Crippen LogP contribution in [0.3, 0.4) is 0 Å². The van der Waals surface area contributed by atoms with Crippen LogP contribution >= 0.6 is 0 Å². The minimum atomic E-state index is -0.327. The monoisotopic (exact) mass is 266 g/mol. The Morgan fingerprint density at radius 1 is 1.32 bits per heavy atom. The van der Waals surface area contributed by atoms with Gasteiger partial charge in [-0.05, 0) is 32.0 Å². The summed E-state index contributed by atoms with van der Waals surface area (Å²) in [6, 6.07) is 5.07. The minimum Gasteiger partial charge on any atom is -0.497 e. The third-order valence-corrected chi connectivity index (χ3v) is 3.50. The largest absolute Gasteiger partial charge is 0.497 e. The Hall–Kier alpha value is -1.62. The smallest absolute Gasteiger partial charge is 0.273 e. The highest BCUT2D eigenvalue weighted by molar-refractivity contribution is 5.48. The van der Waals surface area contributed by atoms with Crippen molar-refractivity contribution in [2.45, 2.75) is 32.7 Å². The first-order valence-electron chi connectivity index (χ1n) is 6.42. The second kappa shape index (κ2) is 6.52. The van der Waals surface area contributed by atoms with Gasteiger partial charge in [-0.2, -0.15) is 0 Å². The molecule has 1 rings (SSSR count). The Balaban J connectivity index is 3.37. The molecule has 2 atom stereocenters. The van der Waals surface area contributed by atoms with Crippen LogP contribution in [0.25, 0.3) is 0 Å². The van der Waals surface area contributed by atoms with Crippen LogP contribution in [0.15, 0.2) is 18.2 Å². The second-order valence-corrected chi connectivity index (χ2v) is 5.03. The zero-order valence-corrected chi connectivity index (χ0v) is 12.1. The molecule has 1 aromatic rings. The van der Waals surface area contributed by atoms with Crippen LogP contribution in [0.1, 0.15) is 32.3 Å². The summed E-state index contributed by atoms with van der Waals surface area (Å²) in [4.78, 5) is 10.9. The van der Waals surface area contributed by atoms with Crippen molar-refractivity contribution in [2.24, 2.45) is 5.92 Å². The number of rotatable bonds is 6. The molecule has 0 bridgehead atoms. The van der Waals surface area contributed by atoms with Gasteiger partial charge in [-0.3, -0.25) is 10.1 Å². The van der Waals surface area contributed by atoms with E-state index in [0.717, 1.165) is 5.56 Å². The molecule has 0 heterocycles. The highest BCUT2D eigenvalue weighted by Gasteiger charge is 2.29. The van der Waals surface area contributed by atoms with Gasteiger partial charge in [-0.15, -0.1) is 0 Å². The van der Waals surface area contributed by atoms with E-state index in [2.05, 4.69) is 19.2 Å². The number of ether oxygens (including phenoxy) is 1. The van der Waals surface area contributed by atoms with Gasteiger partial charge in [0.2, 0.25) is 0 Å². The standard InChI is InChI=1S/C14H22N2O3/c1-9(2)14(10(3)15-4)12-8-11(19-5)6-7-13(12)16(17)18/h6-10,14-15H,1-5H3. The molecule has 0 amide bonds. The third kappa shape index (κ3) is 3.44. The lowest BCUT2D eigenvalue weighted by Crippen LogP contribution is -2.32. The molecule has 0 aromatic heterocycles. The maximum atomic E-state index is 11.2. The minimum absolute atomic E-state index is 0.0560. The summed E-state index contributed by atoms with van der Waals surface area (Å²) in [5.41, 5.74) is 0.878. The predicted molar refractivity (Wildman–Crippen MR) is 75.7 cm³/mol. The highest BCUT2D eigenvalue weighted by atomic mass is 16.6. The van der Waals surface area contributed by atoms with Gasteiger partial charge in [-0.1, -0.05) is 13.8 Å². The number of benzene rings is 1. The van der Waals surface area contributed by atoms with Gasteiger partial charge in [0.25, 0.3) is 5.69 Å². The zero-order valence-electron chi connectivity index (χ0n) is 12.1. The molecular formula is C14H22N2O3. The average Bonchev–Trinajstić information content (AvgIpc) is 2.37. The van der Waals surface area contributed by atoms with Gasteiger partial charge in [0.05, 0.1) is 12.0 Å². The summed E-state index contributed by atoms with van der Waals surface area (Å²) in [6.07, 6.45) is 0. The van der Waals surface area contributed by atoms with Crippen LogP contribution < -0.4 is 10.1 Å². The Bertz CT molecular complexity index is 446. The van der Waals surface area contributed by atoms with Crippen molar-refractivity contribution in [2.75, 3.05) is 14.2 Å². The van der Waals surface area contributed by atoms with E-state index in [0.29, 0.717) is 5.75 Å². The van der Waals surface area contributed by atoms with E-state index < -0.39 is 0 Å². The van der Waals surface area contributed by atoms with E-state index >= 15 is 0 Å². The Kier molecular flexibility index (Phi) is 5.30. The molecule has 0 aliphatic carbocycles. The van der Waals surface area contributed by atoms with E-state index in [9.17, 15) is 10.1 Å². The molecule has 0 fully saturated rings. The van der Waals surface area contributed by atoms with Crippen molar-refractivity contribution in [3.8, 4) is 5.75 Å². The Morgan fingerprint density at radius 3 is 2.37 bits per heavy atom. The van der Waals surface area contributed by atoms with Crippen LogP contribution in [-0.4, -0.2) is 25.1 Å². The highest BCUT2D eigenvalue weighted by Crippen LogP contribution is 2.36. The van der Waals surface area contributed by atoms with Crippen molar-refractivity contribution in [3.63, 3.8) is 0 Å². The fourth-order valence-electron chi connectivity index (χ4n) is 2.48. The van der Waals surface area contributed by atoms with Gasteiger partial charge in [0, 0.05) is 23.6 Å². The third-order valence-electron chi connectivity index (χ3n) is 3.50. The van der Waals surface area contributed by atoms with Crippen molar-refractivity contribution in [3.05, 3.63) is 33.9 Å². The first-order chi connectivity index (χ1) is 8.92. The van der Waals surface area contributed by atoms with Crippen molar-refractivity contribution in [1.29, 1.82) is 0 Å². The molecule has 106 valence electrons. The molecule has 0 radical (unpaired) electrons. The zero-order chi connectivity index (χ0) is 14.6. The second-order valence-electron chi connectivity index (χ2n) is 5.03. The van der Waals surface area contributed by atoms with E-state index in [1.165, 1.54) is 6.07 Å². The van der Waals surface area contributed by atoms with Crippen LogP contribution in [0.2, 0.25) is 0 Å². The van der Waals surface area contributed by atoms with Gasteiger partial charge in [0.15, 0.2) is 0 Å². The van der Waals surface area contributed by atoms with E-state index in [-0.39, 0.29) is 28.5 Å². The Morgan fingerprint density at radius 2 is 1.95 bits per heavy atom. The molecule has 0 saturated heterocycles. The number of hydrogen-bond acceptors (Lipinski definition) is 4. The fraction of sp³-hybridized carbons (Fsp3) is 0.571. The maximum absolute atomic E-state index is 11.2. The SMILES string of the molecule is CNC(C)C(c1cc(OC)ccc1[N+](=O)[O-])C(C)C. The first-order valence-corrected chi connectivity index (χ1v) is 6.42. The average molecular weight is 266 g/mol. The molecular weight excluding hydrogens is 244 g/mol. The van der Waals surface area contributed by atoms with Crippen LogP contribution in [0.4, 0.5) is 5.69 Å². The lowest BCUT2D eigenvalue weighted by Gasteiger charge is -2.27. The molecule has 0 spiro atoms. The van der Waals surface area contributed by atoms with E-state index in [4.69, 9.17) is 4.74 Å². The molecule has 0 aliphatic heterocycles. The first kappa shape index (κ1) is 15.4. The lowest BCUT2D eigenvalue weighted by molar-refractivity contribution is -0.385. The topological polar surface area (TPSA) is 64.4 Å². The van der Waals surface area contributed by atoms with Gasteiger partial charge in [-0.25, -0.2) is 0 Å². The van der Waals surface area contributed by atoms with Crippen molar-refractivity contribution >= 4 is 5.69 Å². The van der Waals surface area contributed by atoms with E-state index in [1.807, 2.05) is 14.0 Å². The van der Waals surface area contributed by atoms with Gasteiger partial charge < -0.3 is 10.1 Å². The maximum Gasteiger partial charge on any atom is 0.273 e. The quantitative estimate of drug-likeness (QED) is 0.635. The summed E-state index contributed by atoms with van der Waals surface area (Å²) in [7, 11) is 3.43. The van der Waals surface area contributed by atoms with Crippen molar-refractivity contribution in [1.82, 2.24) is 5.32 Å².